The van der Waals surface area contributed by atoms with Gasteiger partial charge in [0.15, 0.2) is 0 Å². The van der Waals surface area contributed by atoms with Crippen molar-refractivity contribution in [3.8, 4) is 0 Å². The molecule has 106 valence electrons. The fourth-order valence-corrected chi connectivity index (χ4v) is 6.17. The summed E-state index contributed by atoms with van der Waals surface area (Å²) in [6.07, 6.45) is 8.48. The van der Waals surface area contributed by atoms with Gasteiger partial charge in [-0.15, -0.1) is 0 Å². The van der Waals surface area contributed by atoms with Crippen molar-refractivity contribution in [2.24, 2.45) is 0 Å². The van der Waals surface area contributed by atoms with Crippen molar-refractivity contribution in [1.82, 2.24) is 4.90 Å². The Morgan fingerprint density at radius 2 is 1.56 bits per heavy atom. The number of likely N-dealkylation sites (tertiary alicyclic amines) is 1. The SMILES string of the molecule is CCC[SiH](C=C(C)CN1CCCCCC1)CCC. The van der Waals surface area contributed by atoms with Crippen LogP contribution in [0.3, 0.4) is 0 Å². The van der Waals surface area contributed by atoms with Crippen molar-refractivity contribution in [2.45, 2.75) is 71.4 Å². The summed E-state index contributed by atoms with van der Waals surface area (Å²) >= 11 is 0. The maximum atomic E-state index is 2.71. The molecule has 0 aromatic rings. The molecule has 0 N–H and O–H groups in total. The molecule has 2 heteroatoms. The molecule has 0 bridgehead atoms. The van der Waals surface area contributed by atoms with Gasteiger partial charge < -0.3 is 0 Å². The van der Waals surface area contributed by atoms with E-state index >= 15 is 0 Å². The maximum Gasteiger partial charge on any atom is 0.0614 e. The fourth-order valence-electron chi connectivity index (χ4n) is 3.15. The van der Waals surface area contributed by atoms with Crippen LogP contribution in [0.2, 0.25) is 12.1 Å². The van der Waals surface area contributed by atoms with Crippen LogP contribution in [-0.2, 0) is 0 Å². The minimum Gasteiger partial charge on any atom is -0.299 e. The van der Waals surface area contributed by atoms with Crippen LogP contribution in [0.1, 0.15) is 59.3 Å². The van der Waals surface area contributed by atoms with Gasteiger partial charge in [-0.1, -0.05) is 62.9 Å². The summed E-state index contributed by atoms with van der Waals surface area (Å²) in [7, 11) is -0.564. The predicted molar refractivity (Wildman–Crippen MR) is 86.0 cm³/mol. The molecule has 0 aromatic carbocycles. The van der Waals surface area contributed by atoms with E-state index in [0.29, 0.717) is 0 Å². The van der Waals surface area contributed by atoms with Crippen molar-refractivity contribution in [1.29, 1.82) is 0 Å². The number of hydrogen-bond acceptors (Lipinski definition) is 1. The second kappa shape index (κ2) is 9.80. The molecule has 0 saturated carbocycles. The second-order valence-electron chi connectivity index (χ2n) is 6.04. The molecular formula is C16H33NSi. The van der Waals surface area contributed by atoms with Gasteiger partial charge in [0.2, 0.25) is 0 Å². The summed E-state index contributed by atoms with van der Waals surface area (Å²) < 4.78 is 0. The van der Waals surface area contributed by atoms with Crippen LogP contribution in [0, 0.1) is 0 Å². The first-order chi connectivity index (χ1) is 8.76. The lowest BCUT2D eigenvalue weighted by atomic mass is 10.2. The van der Waals surface area contributed by atoms with E-state index in [4.69, 9.17) is 0 Å². The van der Waals surface area contributed by atoms with Gasteiger partial charge >= 0.3 is 0 Å². The van der Waals surface area contributed by atoms with E-state index in [0.717, 1.165) is 0 Å². The number of nitrogens with zero attached hydrogens (tertiary/aromatic N) is 1. The lowest BCUT2D eigenvalue weighted by Gasteiger charge is -2.21. The van der Waals surface area contributed by atoms with Gasteiger partial charge in [-0.2, -0.15) is 0 Å². The summed E-state index contributed by atoms with van der Waals surface area (Å²) in [5.41, 5.74) is 4.37. The van der Waals surface area contributed by atoms with E-state index in [1.807, 2.05) is 0 Å². The Balaban J connectivity index is 2.41. The summed E-state index contributed by atoms with van der Waals surface area (Å²) in [6.45, 7) is 11.0. The van der Waals surface area contributed by atoms with E-state index in [-0.39, 0.29) is 0 Å². The molecule has 0 atom stereocenters. The molecule has 0 spiro atoms. The third kappa shape index (κ3) is 6.74. The molecule has 1 heterocycles. The summed E-state index contributed by atoms with van der Waals surface area (Å²) in [6, 6.07) is 3.01. The highest BCUT2D eigenvalue weighted by Crippen LogP contribution is 2.13. The smallest absolute Gasteiger partial charge is 0.0614 e. The van der Waals surface area contributed by atoms with Crippen LogP contribution in [0.15, 0.2) is 11.3 Å². The lowest BCUT2D eigenvalue weighted by molar-refractivity contribution is 0.309. The first-order valence-corrected chi connectivity index (χ1v) is 10.5. The third-order valence-corrected chi connectivity index (χ3v) is 7.69. The van der Waals surface area contributed by atoms with Crippen molar-refractivity contribution >= 4 is 8.80 Å². The largest absolute Gasteiger partial charge is 0.299 e. The summed E-state index contributed by atoms with van der Waals surface area (Å²) in [5, 5.41) is 0. The third-order valence-electron chi connectivity index (χ3n) is 4.01. The molecule has 0 aromatic heterocycles. The second-order valence-corrected chi connectivity index (χ2v) is 9.05. The highest BCUT2D eigenvalue weighted by molar-refractivity contribution is 6.64. The minimum absolute atomic E-state index is 0.564. The van der Waals surface area contributed by atoms with Crippen LogP contribution in [0.4, 0.5) is 0 Å². The quantitative estimate of drug-likeness (QED) is 0.618. The Morgan fingerprint density at radius 3 is 2.06 bits per heavy atom. The van der Waals surface area contributed by atoms with Gasteiger partial charge in [-0.05, 0) is 32.9 Å². The number of hydrogen-bond donors (Lipinski definition) is 0. The predicted octanol–water partition coefficient (Wildman–Crippen LogP) is 4.40. The fraction of sp³-hybridized carbons (Fsp3) is 0.875. The standard InChI is InChI=1S/C16H33NSi/c1-4-12-18(13-5-2)15-16(3)14-17-10-8-6-7-9-11-17/h15,18H,4-14H2,1-3H3. The zero-order valence-electron chi connectivity index (χ0n) is 12.9. The van der Waals surface area contributed by atoms with Crippen molar-refractivity contribution < 1.29 is 0 Å². The van der Waals surface area contributed by atoms with Gasteiger partial charge in [0.25, 0.3) is 0 Å². The van der Waals surface area contributed by atoms with Gasteiger partial charge in [-0.25, -0.2) is 0 Å². The van der Waals surface area contributed by atoms with Crippen molar-refractivity contribution in [3.05, 3.63) is 11.3 Å². The molecule has 1 nitrogen and oxygen atoms in total. The van der Waals surface area contributed by atoms with Crippen molar-refractivity contribution in [2.75, 3.05) is 19.6 Å². The Bertz CT molecular complexity index is 223. The molecule has 1 aliphatic rings. The Hall–Kier alpha value is -0.0831. The first-order valence-electron chi connectivity index (χ1n) is 8.15. The van der Waals surface area contributed by atoms with Crippen LogP contribution >= 0.6 is 0 Å². The van der Waals surface area contributed by atoms with E-state index in [1.54, 1.807) is 5.57 Å². The normalized spacial score (nSPS) is 19.2. The molecule has 0 radical (unpaired) electrons. The van der Waals surface area contributed by atoms with Crippen molar-refractivity contribution in [3.63, 3.8) is 0 Å². The zero-order valence-corrected chi connectivity index (χ0v) is 14.0. The van der Waals surface area contributed by atoms with Crippen LogP contribution in [0.5, 0.6) is 0 Å². The van der Waals surface area contributed by atoms with E-state index in [9.17, 15) is 0 Å². The number of rotatable bonds is 7. The zero-order chi connectivity index (χ0) is 13.2. The molecule has 0 amide bonds. The highest BCUT2D eigenvalue weighted by Gasteiger charge is 2.11. The average molecular weight is 268 g/mol. The Morgan fingerprint density at radius 1 is 1.00 bits per heavy atom. The van der Waals surface area contributed by atoms with E-state index < -0.39 is 8.80 Å². The van der Waals surface area contributed by atoms with E-state index in [1.165, 1.54) is 70.2 Å². The molecule has 18 heavy (non-hydrogen) atoms. The average Bonchev–Trinajstić information content (AvgIpc) is 2.58. The lowest BCUT2D eigenvalue weighted by Crippen LogP contribution is -2.27. The van der Waals surface area contributed by atoms with Gasteiger partial charge in [-0.3, -0.25) is 4.90 Å². The Kier molecular flexibility index (Phi) is 8.69. The summed E-state index contributed by atoms with van der Waals surface area (Å²) in [4.78, 5) is 2.68. The molecule has 1 rings (SSSR count). The summed E-state index contributed by atoms with van der Waals surface area (Å²) in [5.74, 6) is 0. The topological polar surface area (TPSA) is 3.24 Å². The van der Waals surface area contributed by atoms with E-state index in [2.05, 4.69) is 31.4 Å². The first kappa shape index (κ1) is 16.0. The van der Waals surface area contributed by atoms with Gasteiger partial charge in [0.05, 0.1) is 8.80 Å². The molecule has 0 aliphatic carbocycles. The molecule has 0 unspecified atom stereocenters. The van der Waals surface area contributed by atoms with Gasteiger partial charge in [0.1, 0.15) is 0 Å². The Labute approximate surface area is 116 Å². The highest BCUT2D eigenvalue weighted by atomic mass is 28.3. The van der Waals surface area contributed by atoms with Crippen LogP contribution in [-0.4, -0.2) is 33.3 Å². The molecule has 1 aliphatic heterocycles. The minimum atomic E-state index is -0.564. The maximum absolute atomic E-state index is 2.71. The van der Waals surface area contributed by atoms with Crippen LogP contribution < -0.4 is 0 Å². The monoisotopic (exact) mass is 267 g/mol. The van der Waals surface area contributed by atoms with Crippen LogP contribution in [0.25, 0.3) is 0 Å². The van der Waals surface area contributed by atoms with Gasteiger partial charge in [0, 0.05) is 6.54 Å². The molecule has 1 fully saturated rings. The molecular weight excluding hydrogens is 234 g/mol. The molecule has 1 saturated heterocycles.